The lowest BCUT2D eigenvalue weighted by Gasteiger charge is -2.30. The number of piperidine rings is 1. The van der Waals surface area contributed by atoms with Gasteiger partial charge in [-0.3, -0.25) is 9.89 Å². The minimum atomic E-state index is -3.67. The zero-order chi connectivity index (χ0) is 22.9. The number of aromatic amines is 1. The van der Waals surface area contributed by atoms with Gasteiger partial charge >= 0.3 is 0 Å². The fourth-order valence-electron chi connectivity index (χ4n) is 3.69. The molecule has 1 amide bonds. The van der Waals surface area contributed by atoms with Gasteiger partial charge in [0.15, 0.2) is 15.5 Å². The molecule has 10 nitrogen and oxygen atoms in total. The number of carbonyl (C=O) groups excluding carboxylic acids is 1. The van der Waals surface area contributed by atoms with E-state index in [0.29, 0.717) is 30.6 Å². The van der Waals surface area contributed by atoms with Crippen molar-refractivity contribution in [3.05, 3.63) is 53.9 Å². The van der Waals surface area contributed by atoms with Crippen molar-refractivity contribution in [3.63, 3.8) is 0 Å². The third-order valence-electron chi connectivity index (χ3n) is 5.51. The van der Waals surface area contributed by atoms with E-state index < -0.39 is 25.1 Å². The van der Waals surface area contributed by atoms with Gasteiger partial charge in [-0.15, -0.1) is 0 Å². The minimum Gasteiger partial charge on any atom is -0.348 e. The molecule has 3 heterocycles. The second-order valence-electron chi connectivity index (χ2n) is 7.79. The molecule has 170 valence electrons. The van der Waals surface area contributed by atoms with E-state index >= 15 is 0 Å². The summed E-state index contributed by atoms with van der Waals surface area (Å²) < 4.78 is 50.8. The Bertz CT molecular complexity index is 1350. The molecular formula is C20H23N5O5S2. The molecule has 12 heteroatoms. The highest BCUT2D eigenvalue weighted by Gasteiger charge is 2.35. The number of nitrogens with one attached hydrogen (secondary N) is 2. The summed E-state index contributed by atoms with van der Waals surface area (Å²) in [5.74, 6) is -0.305. The molecule has 1 aliphatic rings. The highest BCUT2D eigenvalue weighted by atomic mass is 32.2. The number of aromatic nitrogens is 3. The molecule has 3 aromatic rings. The maximum Gasteiger partial charge on any atom is 0.253 e. The van der Waals surface area contributed by atoms with E-state index in [9.17, 15) is 21.6 Å². The van der Waals surface area contributed by atoms with Gasteiger partial charge < -0.3 is 5.32 Å². The summed E-state index contributed by atoms with van der Waals surface area (Å²) in [5.41, 5.74) is 1.72. The summed E-state index contributed by atoms with van der Waals surface area (Å²) in [6.45, 7) is 0.522. The van der Waals surface area contributed by atoms with Crippen molar-refractivity contribution in [2.45, 2.75) is 29.5 Å². The maximum absolute atomic E-state index is 13.0. The summed E-state index contributed by atoms with van der Waals surface area (Å²) in [6, 6.07) is 7.95. The number of hydrogen-bond acceptors (Lipinski definition) is 7. The van der Waals surface area contributed by atoms with Gasteiger partial charge in [-0.2, -0.15) is 5.10 Å². The third-order valence-corrected chi connectivity index (χ3v) is 8.97. The Morgan fingerprint density at radius 3 is 2.66 bits per heavy atom. The number of benzene rings is 1. The van der Waals surface area contributed by atoms with E-state index in [-0.39, 0.29) is 23.9 Å². The molecule has 4 rings (SSSR count). The van der Waals surface area contributed by atoms with Crippen molar-refractivity contribution >= 4 is 36.8 Å². The van der Waals surface area contributed by atoms with Gasteiger partial charge in [0.1, 0.15) is 0 Å². The van der Waals surface area contributed by atoms with Crippen LogP contribution in [0, 0.1) is 0 Å². The smallest absolute Gasteiger partial charge is 0.253 e. The van der Waals surface area contributed by atoms with E-state index in [4.69, 9.17) is 0 Å². The number of hydrogen-bond donors (Lipinski definition) is 2. The van der Waals surface area contributed by atoms with Gasteiger partial charge in [-0.25, -0.2) is 26.1 Å². The number of H-pyrrole nitrogens is 1. The van der Waals surface area contributed by atoms with Gasteiger partial charge in [0, 0.05) is 31.2 Å². The standard InChI is InChI=1S/C20H23N5O5S2/c1-31(27,28)25-8-2-3-18(13-25)32(29,30)17-6-4-14(5-7-17)10-22-20(26)16-9-15-12-23-24-19(15)21-11-16/h4-7,9,11-12,18H,2-3,8,10,13H2,1H3,(H,22,26)(H,21,23,24). The fourth-order valence-corrected chi connectivity index (χ4v) is 6.45. The van der Waals surface area contributed by atoms with Crippen molar-refractivity contribution in [2.24, 2.45) is 0 Å². The van der Waals surface area contributed by atoms with Crippen molar-refractivity contribution in [1.82, 2.24) is 24.8 Å². The topological polar surface area (TPSA) is 142 Å². The van der Waals surface area contributed by atoms with Crippen LogP contribution in [-0.2, 0) is 26.4 Å². The van der Waals surface area contributed by atoms with E-state index in [1.54, 1.807) is 24.4 Å². The third kappa shape index (κ3) is 4.66. The van der Waals surface area contributed by atoms with Gasteiger partial charge in [-0.05, 0) is 36.6 Å². The second-order valence-corrected chi connectivity index (χ2v) is 12.0. The van der Waals surface area contributed by atoms with Crippen molar-refractivity contribution < 1.29 is 21.6 Å². The number of rotatable bonds is 6. The molecule has 1 atom stereocenters. The Morgan fingerprint density at radius 1 is 1.19 bits per heavy atom. The van der Waals surface area contributed by atoms with Gasteiger partial charge in [0.05, 0.1) is 28.2 Å². The van der Waals surface area contributed by atoms with Crippen LogP contribution >= 0.6 is 0 Å². The first-order valence-corrected chi connectivity index (χ1v) is 13.4. The van der Waals surface area contributed by atoms with Crippen LogP contribution in [-0.4, -0.2) is 66.8 Å². The summed E-state index contributed by atoms with van der Waals surface area (Å²) in [6.07, 6.45) is 5.05. The number of fused-ring (bicyclic) bond motifs is 1. The predicted molar refractivity (Wildman–Crippen MR) is 118 cm³/mol. The van der Waals surface area contributed by atoms with Crippen molar-refractivity contribution in [1.29, 1.82) is 0 Å². The maximum atomic E-state index is 13.0. The molecule has 0 spiro atoms. The highest BCUT2D eigenvalue weighted by molar-refractivity contribution is 7.92. The van der Waals surface area contributed by atoms with Crippen molar-refractivity contribution in [3.8, 4) is 0 Å². The molecule has 0 bridgehead atoms. The van der Waals surface area contributed by atoms with Crippen molar-refractivity contribution in [2.75, 3.05) is 19.3 Å². The number of amides is 1. The summed E-state index contributed by atoms with van der Waals surface area (Å²) >= 11 is 0. The van der Waals surface area contributed by atoms with Crippen LogP contribution in [0.5, 0.6) is 0 Å². The molecule has 0 saturated carbocycles. The fraction of sp³-hybridized carbons (Fsp3) is 0.350. The molecule has 32 heavy (non-hydrogen) atoms. The Hall–Kier alpha value is -2.83. The molecule has 1 aromatic carbocycles. The van der Waals surface area contributed by atoms with Crippen LogP contribution in [0.3, 0.4) is 0 Å². The molecule has 0 radical (unpaired) electrons. The van der Waals surface area contributed by atoms with E-state index in [1.165, 1.54) is 22.6 Å². The largest absolute Gasteiger partial charge is 0.348 e. The van der Waals surface area contributed by atoms with E-state index in [1.807, 2.05) is 0 Å². The first-order valence-electron chi connectivity index (χ1n) is 10.00. The zero-order valence-electron chi connectivity index (χ0n) is 17.4. The van der Waals surface area contributed by atoms with Crippen LogP contribution in [0.15, 0.2) is 47.6 Å². The van der Waals surface area contributed by atoms with Crippen LogP contribution < -0.4 is 5.32 Å². The quantitative estimate of drug-likeness (QED) is 0.541. The molecule has 2 aromatic heterocycles. The number of sulfone groups is 1. The van der Waals surface area contributed by atoms with Crippen LogP contribution in [0.1, 0.15) is 28.8 Å². The van der Waals surface area contributed by atoms with Crippen LogP contribution in [0.25, 0.3) is 11.0 Å². The Kier molecular flexibility index (Phi) is 6.01. The first-order chi connectivity index (χ1) is 15.1. The van der Waals surface area contributed by atoms with Gasteiger partial charge in [0.25, 0.3) is 5.91 Å². The summed E-state index contributed by atoms with van der Waals surface area (Å²) in [5, 5.41) is 9.33. The van der Waals surface area contributed by atoms with E-state index in [2.05, 4.69) is 20.5 Å². The lowest BCUT2D eigenvalue weighted by atomic mass is 10.2. The Labute approximate surface area is 186 Å². The second kappa shape index (κ2) is 8.60. The molecule has 1 unspecified atom stereocenters. The number of carbonyl (C=O) groups is 1. The molecule has 2 N–H and O–H groups in total. The van der Waals surface area contributed by atoms with Gasteiger partial charge in [0.2, 0.25) is 10.0 Å². The average molecular weight is 478 g/mol. The normalized spacial score (nSPS) is 18.0. The first kappa shape index (κ1) is 22.4. The highest BCUT2D eigenvalue weighted by Crippen LogP contribution is 2.25. The van der Waals surface area contributed by atoms with Crippen LogP contribution in [0.4, 0.5) is 0 Å². The lowest BCUT2D eigenvalue weighted by molar-refractivity contribution is 0.0950. The van der Waals surface area contributed by atoms with Crippen LogP contribution in [0.2, 0.25) is 0 Å². The number of sulfonamides is 1. The zero-order valence-corrected chi connectivity index (χ0v) is 19.0. The average Bonchev–Trinajstić information content (AvgIpc) is 3.25. The summed E-state index contributed by atoms with van der Waals surface area (Å²) in [7, 11) is -7.11. The van der Waals surface area contributed by atoms with Gasteiger partial charge in [-0.1, -0.05) is 12.1 Å². The lowest BCUT2D eigenvalue weighted by Crippen LogP contribution is -2.44. The Balaban J connectivity index is 1.41. The Morgan fingerprint density at radius 2 is 1.94 bits per heavy atom. The number of nitrogens with zero attached hydrogens (tertiary/aromatic N) is 3. The molecule has 0 aliphatic carbocycles. The molecule has 1 aliphatic heterocycles. The number of pyridine rings is 1. The monoisotopic (exact) mass is 477 g/mol. The molecule has 1 fully saturated rings. The molecular weight excluding hydrogens is 454 g/mol. The van der Waals surface area contributed by atoms with E-state index in [0.717, 1.165) is 17.2 Å². The minimum absolute atomic E-state index is 0.0337. The summed E-state index contributed by atoms with van der Waals surface area (Å²) in [4.78, 5) is 16.7. The molecule has 1 saturated heterocycles. The predicted octanol–water partition coefficient (Wildman–Crippen LogP) is 1.09. The SMILES string of the molecule is CS(=O)(=O)N1CCCC(S(=O)(=O)c2ccc(CNC(=O)c3cnc4[nH]ncc4c3)cc2)C1.